The summed E-state index contributed by atoms with van der Waals surface area (Å²) in [6.07, 6.45) is 11.1. The average Bonchev–Trinajstić information content (AvgIpc) is 2.82. The predicted molar refractivity (Wildman–Crippen MR) is 132 cm³/mol. The van der Waals surface area contributed by atoms with E-state index in [-0.39, 0.29) is 5.91 Å². The fraction of sp³-hybridized carbons (Fsp3) is 0.429. The standard InChI is InChI=1S/C28H36N2O/c1-3-5-6-7-8-9-10-13-20-29-28(31)25-21-27(23-18-16-22(4-2)17-19-23)30-26-15-12-11-14-24(25)26/h11-12,14-19,21H,3-10,13,20H2,1-2H3,(H,29,31). The summed E-state index contributed by atoms with van der Waals surface area (Å²) >= 11 is 0. The molecule has 0 spiro atoms. The van der Waals surface area contributed by atoms with E-state index in [0.29, 0.717) is 5.56 Å². The molecule has 0 unspecified atom stereocenters. The molecule has 2 aromatic carbocycles. The van der Waals surface area contributed by atoms with Crippen LogP contribution < -0.4 is 5.32 Å². The van der Waals surface area contributed by atoms with Crippen LogP contribution in [-0.4, -0.2) is 17.4 Å². The largest absolute Gasteiger partial charge is 0.352 e. The summed E-state index contributed by atoms with van der Waals surface area (Å²) in [6, 6.07) is 18.3. The number of hydrogen-bond acceptors (Lipinski definition) is 2. The molecule has 3 aromatic rings. The van der Waals surface area contributed by atoms with Crippen molar-refractivity contribution in [1.29, 1.82) is 0 Å². The van der Waals surface area contributed by atoms with E-state index in [1.807, 2.05) is 30.3 Å². The van der Waals surface area contributed by atoms with E-state index < -0.39 is 0 Å². The average molecular weight is 417 g/mol. The Balaban J connectivity index is 1.64. The van der Waals surface area contributed by atoms with Gasteiger partial charge < -0.3 is 5.32 Å². The molecule has 164 valence electrons. The van der Waals surface area contributed by atoms with E-state index in [1.165, 1.54) is 50.5 Å². The van der Waals surface area contributed by atoms with Crippen LogP contribution in [-0.2, 0) is 6.42 Å². The number of benzene rings is 2. The third kappa shape index (κ3) is 6.65. The molecular formula is C28H36N2O. The van der Waals surface area contributed by atoms with Gasteiger partial charge in [0.25, 0.3) is 5.91 Å². The lowest BCUT2D eigenvalue weighted by atomic mass is 10.0. The number of carbonyl (C=O) groups is 1. The van der Waals surface area contributed by atoms with E-state index >= 15 is 0 Å². The number of nitrogens with one attached hydrogen (secondary N) is 1. The molecule has 0 atom stereocenters. The van der Waals surface area contributed by atoms with Crippen LogP contribution >= 0.6 is 0 Å². The van der Waals surface area contributed by atoms with Gasteiger partial charge in [-0.05, 0) is 30.5 Å². The van der Waals surface area contributed by atoms with E-state index in [1.54, 1.807) is 0 Å². The number of unbranched alkanes of at least 4 members (excludes halogenated alkanes) is 7. The number of pyridine rings is 1. The van der Waals surface area contributed by atoms with Crippen molar-refractivity contribution in [1.82, 2.24) is 10.3 Å². The van der Waals surface area contributed by atoms with E-state index in [2.05, 4.69) is 43.4 Å². The van der Waals surface area contributed by atoms with Crippen LogP contribution in [0, 0.1) is 0 Å². The first kappa shape index (κ1) is 23.0. The minimum atomic E-state index is -0.00651. The molecule has 1 amide bonds. The van der Waals surface area contributed by atoms with Crippen LogP contribution in [0.3, 0.4) is 0 Å². The van der Waals surface area contributed by atoms with Gasteiger partial charge in [-0.25, -0.2) is 4.98 Å². The maximum Gasteiger partial charge on any atom is 0.252 e. The Morgan fingerprint density at radius 3 is 2.23 bits per heavy atom. The monoisotopic (exact) mass is 416 g/mol. The second kappa shape index (κ2) is 12.2. The summed E-state index contributed by atoms with van der Waals surface area (Å²) in [4.78, 5) is 17.8. The molecule has 1 heterocycles. The molecule has 0 bridgehead atoms. The van der Waals surface area contributed by atoms with Crippen molar-refractivity contribution in [2.75, 3.05) is 6.54 Å². The fourth-order valence-corrected chi connectivity index (χ4v) is 3.98. The minimum Gasteiger partial charge on any atom is -0.352 e. The molecule has 3 nitrogen and oxygen atoms in total. The first-order valence-corrected chi connectivity index (χ1v) is 12.0. The number of rotatable bonds is 12. The van der Waals surface area contributed by atoms with Crippen LogP contribution in [0.25, 0.3) is 22.2 Å². The highest BCUT2D eigenvalue weighted by Gasteiger charge is 2.13. The van der Waals surface area contributed by atoms with Crippen LogP contribution in [0.1, 0.15) is 81.1 Å². The van der Waals surface area contributed by atoms with Crippen LogP contribution in [0.4, 0.5) is 0 Å². The van der Waals surface area contributed by atoms with Crippen molar-refractivity contribution >= 4 is 16.8 Å². The zero-order valence-corrected chi connectivity index (χ0v) is 19.1. The maximum atomic E-state index is 13.0. The topological polar surface area (TPSA) is 42.0 Å². The Morgan fingerprint density at radius 2 is 1.52 bits per heavy atom. The molecular weight excluding hydrogens is 380 g/mol. The van der Waals surface area contributed by atoms with Gasteiger partial charge in [-0.1, -0.05) is 101 Å². The van der Waals surface area contributed by atoms with Gasteiger partial charge in [-0.2, -0.15) is 0 Å². The van der Waals surface area contributed by atoms with Crippen molar-refractivity contribution in [3.63, 3.8) is 0 Å². The Hall–Kier alpha value is -2.68. The molecule has 0 aliphatic carbocycles. The molecule has 31 heavy (non-hydrogen) atoms. The quantitative estimate of drug-likeness (QED) is 0.314. The van der Waals surface area contributed by atoms with Crippen molar-refractivity contribution in [2.24, 2.45) is 0 Å². The number of carbonyl (C=O) groups excluding carboxylic acids is 1. The minimum absolute atomic E-state index is 0.00651. The van der Waals surface area contributed by atoms with Crippen LogP contribution in [0.15, 0.2) is 54.6 Å². The lowest BCUT2D eigenvalue weighted by molar-refractivity contribution is 0.0954. The van der Waals surface area contributed by atoms with Gasteiger partial charge in [0.2, 0.25) is 0 Å². The second-order valence-electron chi connectivity index (χ2n) is 8.35. The molecule has 0 radical (unpaired) electrons. The predicted octanol–water partition coefficient (Wildman–Crippen LogP) is 7.33. The zero-order chi connectivity index (χ0) is 21.9. The van der Waals surface area contributed by atoms with Gasteiger partial charge in [-0.3, -0.25) is 4.79 Å². The second-order valence-corrected chi connectivity index (χ2v) is 8.35. The van der Waals surface area contributed by atoms with Gasteiger partial charge in [0, 0.05) is 17.5 Å². The SMILES string of the molecule is CCCCCCCCCCNC(=O)c1cc(-c2ccc(CC)cc2)nc2ccccc12. The summed E-state index contributed by atoms with van der Waals surface area (Å²) in [7, 11) is 0. The van der Waals surface area contributed by atoms with Gasteiger partial charge in [0.15, 0.2) is 0 Å². The number of para-hydroxylation sites is 1. The smallest absolute Gasteiger partial charge is 0.252 e. The Kier molecular flexibility index (Phi) is 9.08. The third-order valence-corrected chi connectivity index (χ3v) is 5.93. The molecule has 3 rings (SSSR count). The van der Waals surface area contributed by atoms with E-state index in [9.17, 15) is 4.79 Å². The highest BCUT2D eigenvalue weighted by atomic mass is 16.1. The number of aromatic nitrogens is 1. The fourth-order valence-electron chi connectivity index (χ4n) is 3.98. The Bertz CT molecular complexity index is 962. The highest BCUT2D eigenvalue weighted by Crippen LogP contribution is 2.25. The van der Waals surface area contributed by atoms with Crippen molar-refractivity contribution in [2.45, 2.75) is 71.6 Å². The molecule has 1 aromatic heterocycles. The number of amides is 1. The van der Waals surface area contributed by atoms with Crippen LogP contribution in [0.5, 0.6) is 0 Å². The van der Waals surface area contributed by atoms with Crippen molar-refractivity contribution < 1.29 is 4.79 Å². The molecule has 0 aliphatic rings. The summed E-state index contributed by atoms with van der Waals surface area (Å²) in [6.45, 7) is 5.13. The molecule has 0 saturated heterocycles. The molecule has 0 fully saturated rings. The highest BCUT2D eigenvalue weighted by molar-refractivity contribution is 6.07. The van der Waals surface area contributed by atoms with Crippen molar-refractivity contribution in [3.05, 3.63) is 65.7 Å². The first-order valence-electron chi connectivity index (χ1n) is 12.0. The molecule has 1 N–H and O–H groups in total. The van der Waals surface area contributed by atoms with E-state index in [0.717, 1.165) is 41.5 Å². The van der Waals surface area contributed by atoms with Gasteiger partial charge in [0.05, 0.1) is 16.8 Å². The normalized spacial score (nSPS) is 11.0. The number of fused-ring (bicyclic) bond motifs is 1. The molecule has 0 aliphatic heterocycles. The molecule has 0 saturated carbocycles. The lowest BCUT2D eigenvalue weighted by Crippen LogP contribution is -2.24. The van der Waals surface area contributed by atoms with Gasteiger partial charge in [0.1, 0.15) is 0 Å². The Labute approximate surface area is 187 Å². The lowest BCUT2D eigenvalue weighted by Gasteiger charge is -2.11. The summed E-state index contributed by atoms with van der Waals surface area (Å²) in [5.41, 5.74) is 4.75. The Morgan fingerprint density at radius 1 is 0.839 bits per heavy atom. The molecule has 3 heteroatoms. The van der Waals surface area contributed by atoms with E-state index in [4.69, 9.17) is 4.98 Å². The summed E-state index contributed by atoms with van der Waals surface area (Å²) in [5, 5.41) is 4.04. The number of hydrogen-bond donors (Lipinski definition) is 1. The van der Waals surface area contributed by atoms with Crippen molar-refractivity contribution in [3.8, 4) is 11.3 Å². The maximum absolute atomic E-state index is 13.0. The van der Waals surface area contributed by atoms with Crippen LogP contribution in [0.2, 0.25) is 0 Å². The van der Waals surface area contributed by atoms with Gasteiger partial charge in [-0.15, -0.1) is 0 Å². The third-order valence-electron chi connectivity index (χ3n) is 5.93. The number of aryl methyl sites for hydroxylation is 1. The summed E-state index contributed by atoms with van der Waals surface area (Å²) in [5.74, 6) is -0.00651. The first-order chi connectivity index (χ1) is 15.2. The van der Waals surface area contributed by atoms with Gasteiger partial charge >= 0.3 is 0 Å². The number of nitrogens with zero attached hydrogens (tertiary/aromatic N) is 1. The summed E-state index contributed by atoms with van der Waals surface area (Å²) < 4.78 is 0. The zero-order valence-electron chi connectivity index (χ0n) is 19.1.